The number of hydrogen-bond donors (Lipinski definition) is 2. The van der Waals surface area contributed by atoms with Gasteiger partial charge in [0, 0.05) is 17.8 Å². The third-order valence-electron chi connectivity index (χ3n) is 3.45. The Balaban J connectivity index is 2.09. The fourth-order valence-corrected chi connectivity index (χ4v) is 2.51. The van der Waals surface area contributed by atoms with Crippen LogP contribution in [0.5, 0.6) is 0 Å². The van der Waals surface area contributed by atoms with E-state index < -0.39 is 5.91 Å². The van der Waals surface area contributed by atoms with Crippen LogP contribution in [0.1, 0.15) is 34.8 Å². The maximum Gasteiger partial charge on any atom is 0.254 e. The van der Waals surface area contributed by atoms with E-state index in [1.165, 1.54) is 6.20 Å². The van der Waals surface area contributed by atoms with Crippen molar-refractivity contribution in [1.82, 2.24) is 19.9 Å². The Labute approximate surface area is 104 Å². The van der Waals surface area contributed by atoms with Gasteiger partial charge in [-0.3, -0.25) is 4.79 Å². The van der Waals surface area contributed by atoms with Crippen molar-refractivity contribution in [1.29, 1.82) is 0 Å². The molecule has 0 aliphatic carbocycles. The van der Waals surface area contributed by atoms with Crippen LogP contribution in [0.25, 0.3) is 5.65 Å². The molecule has 0 saturated carbocycles. The molecule has 6 heteroatoms. The van der Waals surface area contributed by atoms with Crippen molar-refractivity contribution < 1.29 is 4.79 Å². The number of hydrogen-bond acceptors (Lipinski definition) is 4. The predicted molar refractivity (Wildman–Crippen MR) is 66.3 cm³/mol. The number of nitrogens with zero attached hydrogens (tertiary/aromatic N) is 3. The quantitative estimate of drug-likeness (QED) is 0.796. The van der Waals surface area contributed by atoms with Gasteiger partial charge in [-0.05, 0) is 32.0 Å². The first kappa shape index (κ1) is 11.2. The number of nitrogens with two attached hydrogens (primary N) is 1. The van der Waals surface area contributed by atoms with Gasteiger partial charge in [-0.25, -0.2) is 9.50 Å². The molecule has 0 radical (unpaired) electrons. The maximum atomic E-state index is 11.3. The van der Waals surface area contributed by atoms with E-state index in [2.05, 4.69) is 15.4 Å². The third-order valence-corrected chi connectivity index (χ3v) is 3.45. The van der Waals surface area contributed by atoms with Gasteiger partial charge in [0.25, 0.3) is 5.91 Å². The van der Waals surface area contributed by atoms with Gasteiger partial charge in [-0.15, -0.1) is 0 Å². The van der Waals surface area contributed by atoms with Crippen LogP contribution in [0.15, 0.2) is 18.5 Å². The second-order valence-corrected chi connectivity index (χ2v) is 4.55. The van der Waals surface area contributed by atoms with Crippen LogP contribution >= 0.6 is 0 Å². The zero-order valence-corrected chi connectivity index (χ0v) is 9.97. The molecule has 2 aromatic rings. The molecule has 0 unspecified atom stereocenters. The van der Waals surface area contributed by atoms with Gasteiger partial charge < -0.3 is 11.1 Å². The molecule has 0 bridgehead atoms. The smallest absolute Gasteiger partial charge is 0.254 e. The van der Waals surface area contributed by atoms with Crippen molar-refractivity contribution in [3.63, 3.8) is 0 Å². The third kappa shape index (κ3) is 1.74. The van der Waals surface area contributed by atoms with Gasteiger partial charge in [-0.1, -0.05) is 0 Å². The largest absolute Gasteiger partial charge is 0.365 e. The number of carbonyl (C=O) groups excluding carboxylic acids is 1. The summed E-state index contributed by atoms with van der Waals surface area (Å²) in [5, 5.41) is 7.58. The van der Waals surface area contributed by atoms with Gasteiger partial charge in [0.2, 0.25) is 0 Å². The van der Waals surface area contributed by atoms with Crippen molar-refractivity contribution in [2.75, 3.05) is 13.1 Å². The van der Waals surface area contributed by atoms with E-state index in [0.29, 0.717) is 17.1 Å². The summed E-state index contributed by atoms with van der Waals surface area (Å²) in [6.07, 6.45) is 5.37. The zero-order chi connectivity index (χ0) is 12.5. The van der Waals surface area contributed by atoms with Crippen molar-refractivity contribution in [3.8, 4) is 0 Å². The number of carbonyl (C=O) groups is 1. The number of nitrogens with one attached hydrogen (secondary N) is 1. The number of piperidine rings is 1. The van der Waals surface area contributed by atoms with E-state index in [4.69, 9.17) is 5.73 Å². The Morgan fingerprint density at radius 1 is 1.44 bits per heavy atom. The molecule has 3 N–H and O–H groups in total. The highest BCUT2D eigenvalue weighted by Gasteiger charge is 2.20. The lowest BCUT2D eigenvalue weighted by Gasteiger charge is -2.23. The molecular weight excluding hydrogens is 230 g/mol. The van der Waals surface area contributed by atoms with Gasteiger partial charge in [0.05, 0.1) is 6.20 Å². The number of rotatable bonds is 2. The van der Waals surface area contributed by atoms with E-state index in [0.717, 1.165) is 31.6 Å². The Hall–Kier alpha value is -1.95. The van der Waals surface area contributed by atoms with E-state index in [1.54, 1.807) is 10.7 Å². The zero-order valence-electron chi connectivity index (χ0n) is 9.97. The molecule has 1 saturated heterocycles. The minimum absolute atomic E-state index is 0.380. The topological polar surface area (TPSA) is 85.3 Å². The first-order chi connectivity index (χ1) is 8.77. The summed E-state index contributed by atoms with van der Waals surface area (Å²) in [5.74, 6) is -0.0302. The molecular formula is C12H15N5O. The molecule has 1 aliphatic rings. The van der Waals surface area contributed by atoms with Crippen LogP contribution in [-0.2, 0) is 0 Å². The Morgan fingerprint density at radius 3 is 2.94 bits per heavy atom. The van der Waals surface area contributed by atoms with E-state index >= 15 is 0 Å². The minimum Gasteiger partial charge on any atom is -0.365 e. The first-order valence-corrected chi connectivity index (χ1v) is 6.10. The average Bonchev–Trinajstić information content (AvgIpc) is 2.83. The van der Waals surface area contributed by atoms with Gasteiger partial charge in [0.15, 0.2) is 5.65 Å². The molecule has 0 spiro atoms. The molecule has 1 aliphatic heterocycles. The highest BCUT2D eigenvalue weighted by atomic mass is 16.1. The molecule has 6 nitrogen and oxygen atoms in total. The second-order valence-electron chi connectivity index (χ2n) is 4.55. The van der Waals surface area contributed by atoms with Crippen molar-refractivity contribution in [2.24, 2.45) is 5.73 Å². The normalized spacial score (nSPS) is 17.1. The standard InChI is InChI=1S/C12H15N5O/c13-11(18)9-7-16-17-10(3-6-15-12(9)17)8-1-4-14-5-2-8/h3,6-8,14H,1-2,4-5H2,(H2,13,18). The molecule has 0 atom stereocenters. The minimum atomic E-state index is -0.486. The van der Waals surface area contributed by atoms with E-state index in [1.807, 2.05) is 6.07 Å². The summed E-state index contributed by atoms with van der Waals surface area (Å²) < 4.78 is 1.75. The summed E-state index contributed by atoms with van der Waals surface area (Å²) in [7, 11) is 0. The van der Waals surface area contributed by atoms with E-state index in [-0.39, 0.29) is 0 Å². The number of primary amides is 1. The number of fused-ring (bicyclic) bond motifs is 1. The Kier molecular flexibility index (Phi) is 2.71. The summed E-state index contributed by atoms with van der Waals surface area (Å²) in [5.41, 5.74) is 7.35. The first-order valence-electron chi connectivity index (χ1n) is 6.10. The molecule has 18 heavy (non-hydrogen) atoms. The Morgan fingerprint density at radius 2 is 2.22 bits per heavy atom. The van der Waals surface area contributed by atoms with Gasteiger partial charge in [0.1, 0.15) is 5.56 Å². The van der Waals surface area contributed by atoms with Crippen LogP contribution in [0.2, 0.25) is 0 Å². The van der Waals surface area contributed by atoms with Crippen molar-refractivity contribution in [3.05, 3.63) is 29.7 Å². The fourth-order valence-electron chi connectivity index (χ4n) is 2.51. The van der Waals surface area contributed by atoms with Crippen LogP contribution in [0, 0.1) is 0 Å². The molecule has 3 heterocycles. The lowest BCUT2D eigenvalue weighted by Crippen LogP contribution is -2.27. The summed E-state index contributed by atoms with van der Waals surface area (Å²) >= 11 is 0. The highest BCUT2D eigenvalue weighted by Crippen LogP contribution is 2.25. The SMILES string of the molecule is NC(=O)c1cnn2c(C3CCNCC3)ccnc12. The lowest BCUT2D eigenvalue weighted by atomic mass is 9.94. The molecule has 3 rings (SSSR count). The molecule has 0 aromatic carbocycles. The molecule has 2 aromatic heterocycles. The van der Waals surface area contributed by atoms with Crippen LogP contribution in [0.3, 0.4) is 0 Å². The van der Waals surface area contributed by atoms with Crippen molar-refractivity contribution >= 4 is 11.6 Å². The summed E-state index contributed by atoms with van der Waals surface area (Å²) in [4.78, 5) is 15.5. The Bertz CT molecular complexity index is 585. The lowest BCUT2D eigenvalue weighted by molar-refractivity contribution is 0.100. The number of aromatic nitrogens is 3. The van der Waals surface area contributed by atoms with E-state index in [9.17, 15) is 4.79 Å². The van der Waals surface area contributed by atoms with Crippen LogP contribution in [-0.4, -0.2) is 33.6 Å². The van der Waals surface area contributed by atoms with Crippen LogP contribution in [0.4, 0.5) is 0 Å². The van der Waals surface area contributed by atoms with Gasteiger partial charge in [-0.2, -0.15) is 5.10 Å². The highest BCUT2D eigenvalue weighted by molar-refractivity contribution is 5.98. The van der Waals surface area contributed by atoms with Crippen molar-refractivity contribution in [2.45, 2.75) is 18.8 Å². The molecule has 1 amide bonds. The summed E-state index contributed by atoms with van der Waals surface area (Å²) in [6, 6.07) is 1.97. The predicted octanol–water partition coefficient (Wildman–Crippen LogP) is 0.295. The number of amides is 1. The second kappa shape index (κ2) is 4.38. The molecule has 1 fully saturated rings. The fraction of sp³-hybridized carbons (Fsp3) is 0.417. The maximum absolute atomic E-state index is 11.3. The average molecular weight is 245 g/mol. The van der Waals surface area contributed by atoms with Crippen LogP contribution < -0.4 is 11.1 Å². The van der Waals surface area contributed by atoms with Gasteiger partial charge >= 0.3 is 0 Å². The summed E-state index contributed by atoms with van der Waals surface area (Å²) in [6.45, 7) is 2.02. The molecule has 94 valence electrons. The monoisotopic (exact) mass is 245 g/mol.